The highest BCUT2D eigenvalue weighted by molar-refractivity contribution is 7.84. The maximum Gasteiger partial charge on any atom is 0.405 e. The Kier molecular flexibility index (Phi) is 11.0. The highest BCUT2D eigenvalue weighted by atomic mass is 32.2. The van der Waals surface area contributed by atoms with Gasteiger partial charge in [-0.3, -0.25) is 4.79 Å². The summed E-state index contributed by atoms with van der Waals surface area (Å²) >= 11 is 0. The molecule has 0 heterocycles. The van der Waals surface area contributed by atoms with Crippen LogP contribution in [-0.4, -0.2) is 33.2 Å². The van der Waals surface area contributed by atoms with E-state index in [2.05, 4.69) is 4.72 Å². The van der Waals surface area contributed by atoms with Crippen molar-refractivity contribution in [1.29, 1.82) is 0 Å². The molecular formula is C18H34F3NO3S. The number of hydrogen-bond donors (Lipinski definition) is 1. The molecule has 0 radical (unpaired) electrons. The number of esters is 1. The molecule has 0 fully saturated rings. The molecule has 0 rings (SSSR count). The minimum Gasteiger partial charge on any atom is -0.463 e. The second kappa shape index (κ2) is 11.3. The summed E-state index contributed by atoms with van der Waals surface area (Å²) in [6.07, 6.45) is -0.960. The molecule has 0 aromatic rings. The number of carbonyl (C=O) groups is 1. The van der Waals surface area contributed by atoms with Crippen LogP contribution in [0.3, 0.4) is 0 Å². The van der Waals surface area contributed by atoms with E-state index in [1.165, 1.54) is 0 Å². The van der Waals surface area contributed by atoms with Gasteiger partial charge < -0.3 is 4.74 Å². The highest BCUT2D eigenvalue weighted by Gasteiger charge is 2.49. The van der Waals surface area contributed by atoms with Gasteiger partial charge in [0.2, 0.25) is 0 Å². The number of halogens is 3. The first kappa shape index (κ1) is 25.4. The molecule has 0 bridgehead atoms. The average molecular weight is 402 g/mol. The van der Waals surface area contributed by atoms with Gasteiger partial charge >= 0.3 is 12.1 Å². The van der Waals surface area contributed by atoms with E-state index >= 15 is 0 Å². The number of nitrogens with one attached hydrogen (secondary N) is 1. The van der Waals surface area contributed by atoms with Crippen LogP contribution in [0, 0.1) is 5.92 Å². The fraction of sp³-hybridized carbons (Fsp3) is 0.944. The van der Waals surface area contributed by atoms with Gasteiger partial charge in [0.15, 0.2) is 0 Å². The second-order valence-electron chi connectivity index (χ2n) is 7.81. The molecule has 0 spiro atoms. The molecule has 3 atom stereocenters. The molecule has 0 aliphatic carbocycles. The quantitative estimate of drug-likeness (QED) is 0.396. The zero-order valence-corrected chi connectivity index (χ0v) is 17.6. The average Bonchev–Trinajstić information content (AvgIpc) is 2.46. The molecule has 0 aliphatic rings. The van der Waals surface area contributed by atoms with Gasteiger partial charge in [0.25, 0.3) is 0 Å². The topological polar surface area (TPSA) is 55.4 Å². The first-order valence-electron chi connectivity index (χ1n) is 9.26. The second-order valence-corrected chi connectivity index (χ2v) is 9.81. The molecule has 0 unspecified atom stereocenters. The fourth-order valence-electron chi connectivity index (χ4n) is 2.38. The molecular weight excluding hydrogens is 367 g/mol. The Morgan fingerprint density at radius 3 is 2.04 bits per heavy atom. The largest absolute Gasteiger partial charge is 0.463 e. The molecule has 0 amide bonds. The van der Waals surface area contributed by atoms with Crippen LogP contribution >= 0.6 is 0 Å². The summed E-state index contributed by atoms with van der Waals surface area (Å²) in [5.74, 6) is -2.30. The van der Waals surface area contributed by atoms with Crippen molar-refractivity contribution in [2.24, 2.45) is 5.92 Å². The molecule has 0 aromatic carbocycles. The van der Waals surface area contributed by atoms with Gasteiger partial charge in [0.1, 0.15) is 6.04 Å². The minimum atomic E-state index is -4.70. The van der Waals surface area contributed by atoms with Crippen LogP contribution < -0.4 is 4.72 Å². The standard InChI is InChI=1S/C18H34F3NO3S/c1-7-8-9-10-11-12-14(16(23)25-13(2)3)15(18(19,20)21)22-26(24)17(4,5)6/h13-15,22H,7-12H2,1-6H3/t14-,15-,26-/m1/s1. The van der Waals surface area contributed by atoms with E-state index in [1.807, 2.05) is 6.92 Å². The van der Waals surface area contributed by atoms with Gasteiger partial charge in [-0.2, -0.15) is 13.2 Å². The SMILES string of the molecule is CCCCCCC[C@@H](C(=O)OC(C)C)[C@@H](N[S@](=O)C(C)(C)C)C(F)(F)F. The Bertz CT molecular complexity index is 448. The van der Waals surface area contributed by atoms with Crippen molar-refractivity contribution in [3.8, 4) is 0 Å². The number of hydrogen-bond acceptors (Lipinski definition) is 3. The predicted molar refractivity (Wildman–Crippen MR) is 99.0 cm³/mol. The van der Waals surface area contributed by atoms with Gasteiger partial charge in [-0.1, -0.05) is 39.0 Å². The van der Waals surface area contributed by atoms with Crippen LogP contribution in [0.15, 0.2) is 0 Å². The zero-order valence-electron chi connectivity index (χ0n) is 16.7. The summed E-state index contributed by atoms with van der Waals surface area (Å²) in [5.41, 5.74) is 0. The number of carbonyl (C=O) groups excluding carboxylic acids is 1. The van der Waals surface area contributed by atoms with E-state index in [4.69, 9.17) is 4.74 Å². The van der Waals surface area contributed by atoms with E-state index in [0.29, 0.717) is 6.42 Å². The molecule has 8 heteroatoms. The van der Waals surface area contributed by atoms with Gasteiger partial charge in [-0.05, 0) is 41.0 Å². The van der Waals surface area contributed by atoms with Gasteiger partial charge in [-0.25, -0.2) is 8.93 Å². The molecule has 156 valence electrons. The summed E-state index contributed by atoms with van der Waals surface area (Å²) in [6.45, 7) is 9.98. The van der Waals surface area contributed by atoms with Crippen molar-refractivity contribution in [2.75, 3.05) is 0 Å². The van der Waals surface area contributed by atoms with E-state index in [-0.39, 0.29) is 6.42 Å². The number of alkyl halides is 3. The third-order valence-electron chi connectivity index (χ3n) is 3.82. The van der Waals surface area contributed by atoms with E-state index in [0.717, 1.165) is 25.7 Å². The maximum absolute atomic E-state index is 13.6. The first-order valence-corrected chi connectivity index (χ1v) is 10.4. The molecule has 26 heavy (non-hydrogen) atoms. The van der Waals surface area contributed by atoms with Crippen molar-refractivity contribution >= 4 is 17.0 Å². The van der Waals surface area contributed by atoms with Crippen LogP contribution in [0.25, 0.3) is 0 Å². The van der Waals surface area contributed by atoms with Crippen molar-refractivity contribution in [3.05, 3.63) is 0 Å². The van der Waals surface area contributed by atoms with Crippen molar-refractivity contribution in [1.82, 2.24) is 4.72 Å². The monoisotopic (exact) mass is 401 g/mol. The summed E-state index contributed by atoms with van der Waals surface area (Å²) in [4.78, 5) is 12.3. The third-order valence-corrected chi connectivity index (χ3v) is 5.40. The molecule has 0 aliphatic heterocycles. The van der Waals surface area contributed by atoms with Crippen LogP contribution in [0.5, 0.6) is 0 Å². The van der Waals surface area contributed by atoms with Crippen LogP contribution in [0.4, 0.5) is 13.2 Å². The van der Waals surface area contributed by atoms with Gasteiger partial charge in [-0.15, -0.1) is 0 Å². The molecule has 0 aromatic heterocycles. The number of rotatable bonds is 11. The molecule has 4 nitrogen and oxygen atoms in total. The van der Waals surface area contributed by atoms with Crippen molar-refractivity contribution < 1.29 is 26.9 Å². The first-order chi connectivity index (χ1) is 11.8. The van der Waals surface area contributed by atoms with Crippen molar-refractivity contribution in [3.63, 3.8) is 0 Å². The Balaban J connectivity index is 5.36. The van der Waals surface area contributed by atoms with Crippen LogP contribution in [0.1, 0.15) is 80.1 Å². The lowest BCUT2D eigenvalue weighted by molar-refractivity contribution is -0.181. The summed E-state index contributed by atoms with van der Waals surface area (Å²) in [6, 6.07) is -2.19. The Hall–Kier alpha value is -0.630. The van der Waals surface area contributed by atoms with Crippen LogP contribution in [0.2, 0.25) is 0 Å². The minimum absolute atomic E-state index is 0.0494. The summed E-state index contributed by atoms with van der Waals surface area (Å²) < 4.78 is 59.5. The lowest BCUT2D eigenvalue weighted by Crippen LogP contribution is -2.53. The normalized spacial score (nSPS) is 16.4. The third kappa shape index (κ3) is 9.90. The Labute approximate surface area is 158 Å². The van der Waals surface area contributed by atoms with Gasteiger partial charge in [0, 0.05) is 0 Å². The fourth-order valence-corrected chi connectivity index (χ4v) is 3.26. The number of ether oxygens (including phenoxy) is 1. The highest BCUT2D eigenvalue weighted by Crippen LogP contribution is 2.31. The van der Waals surface area contributed by atoms with Gasteiger partial charge in [0.05, 0.1) is 27.8 Å². The lowest BCUT2D eigenvalue weighted by Gasteiger charge is -2.31. The maximum atomic E-state index is 13.6. The van der Waals surface area contributed by atoms with Crippen molar-refractivity contribution in [2.45, 2.75) is 103 Å². The molecule has 0 saturated heterocycles. The smallest absolute Gasteiger partial charge is 0.405 e. The van der Waals surface area contributed by atoms with E-state index in [9.17, 15) is 22.2 Å². The van der Waals surface area contributed by atoms with E-state index in [1.54, 1.807) is 34.6 Å². The zero-order chi connectivity index (χ0) is 20.5. The Morgan fingerprint density at radius 2 is 1.62 bits per heavy atom. The van der Waals surface area contributed by atoms with E-state index < -0.39 is 45.9 Å². The van der Waals surface area contributed by atoms with Crippen LogP contribution in [-0.2, 0) is 20.5 Å². The molecule has 0 saturated carbocycles. The number of unbranched alkanes of at least 4 members (excludes halogenated alkanes) is 4. The lowest BCUT2D eigenvalue weighted by atomic mass is 9.93. The Morgan fingerprint density at radius 1 is 1.08 bits per heavy atom. The predicted octanol–water partition coefficient (Wildman–Crippen LogP) is 4.90. The summed E-state index contributed by atoms with van der Waals surface area (Å²) in [7, 11) is -1.95. The summed E-state index contributed by atoms with van der Waals surface area (Å²) in [5, 5.41) is 0. The molecule has 1 N–H and O–H groups in total.